The van der Waals surface area contributed by atoms with E-state index in [0.29, 0.717) is 6.61 Å². The van der Waals surface area contributed by atoms with Crippen LogP contribution >= 0.6 is 11.3 Å². The second-order valence-corrected chi connectivity index (χ2v) is 6.02. The van der Waals surface area contributed by atoms with Gasteiger partial charge in [0.05, 0.1) is 28.8 Å². The third-order valence-electron chi connectivity index (χ3n) is 3.22. The van der Waals surface area contributed by atoms with Gasteiger partial charge in [0.2, 0.25) is 0 Å². The Morgan fingerprint density at radius 3 is 2.75 bits per heavy atom. The lowest BCUT2D eigenvalue weighted by atomic mass is 10.1. The molecular formula is C16H21NO2S. The molecule has 0 radical (unpaired) electrons. The van der Waals surface area contributed by atoms with Crippen molar-refractivity contribution < 1.29 is 9.84 Å². The SMILES string of the molecule is CCc1nc(CCOc2cc(C)ccc2C)sc1CO. The van der Waals surface area contributed by atoms with Gasteiger partial charge in [0.1, 0.15) is 5.75 Å². The zero-order chi connectivity index (χ0) is 14.5. The predicted molar refractivity (Wildman–Crippen MR) is 82.5 cm³/mol. The molecule has 108 valence electrons. The topological polar surface area (TPSA) is 42.4 Å². The Morgan fingerprint density at radius 1 is 1.30 bits per heavy atom. The number of aromatic nitrogens is 1. The van der Waals surface area contributed by atoms with E-state index in [-0.39, 0.29) is 6.61 Å². The minimum absolute atomic E-state index is 0.0820. The molecule has 0 fully saturated rings. The van der Waals surface area contributed by atoms with Gasteiger partial charge in [-0.15, -0.1) is 11.3 Å². The summed E-state index contributed by atoms with van der Waals surface area (Å²) in [7, 11) is 0. The first-order valence-corrected chi connectivity index (χ1v) is 7.74. The van der Waals surface area contributed by atoms with Gasteiger partial charge in [0.25, 0.3) is 0 Å². The molecule has 1 aromatic heterocycles. The van der Waals surface area contributed by atoms with Crippen molar-refractivity contribution in [2.75, 3.05) is 6.61 Å². The minimum Gasteiger partial charge on any atom is -0.493 e. The molecule has 0 unspecified atom stereocenters. The molecule has 0 amide bonds. The molecule has 0 saturated carbocycles. The Kier molecular flexibility index (Phi) is 5.15. The predicted octanol–water partition coefficient (Wildman–Crippen LogP) is 3.44. The number of aliphatic hydroxyl groups excluding tert-OH is 1. The molecule has 0 atom stereocenters. The van der Waals surface area contributed by atoms with Gasteiger partial charge in [-0.2, -0.15) is 0 Å². The lowest BCUT2D eigenvalue weighted by Crippen LogP contribution is -2.02. The van der Waals surface area contributed by atoms with Crippen LogP contribution in [-0.2, 0) is 19.4 Å². The number of nitrogens with zero attached hydrogens (tertiary/aromatic N) is 1. The van der Waals surface area contributed by atoms with E-state index in [1.807, 2.05) is 0 Å². The maximum atomic E-state index is 9.27. The molecule has 4 heteroatoms. The number of benzene rings is 1. The zero-order valence-corrected chi connectivity index (χ0v) is 13.1. The van der Waals surface area contributed by atoms with E-state index >= 15 is 0 Å². The van der Waals surface area contributed by atoms with E-state index in [2.05, 4.69) is 44.0 Å². The molecule has 0 saturated heterocycles. The highest BCUT2D eigenvalue weighted by Crippen LogP contribution is 2.22. The summed E-state index contributed by atoms with van der Waals surface area (Å²) in [5.74, 6) is 0.944. The Morgan fingerprint density at radius 2 is 2.10 bits per heavy atom. The van der Waals surface area contributed by atoms with Gasteiger partial charge < -0.3 is 9.84 Å². The number of aliphatic hydroxyl groups is 1. The molecule has 2 aromatic rings. The number of hydrogen-bond donors (Lipinski definition) is 1. The quantitative estimate of drug-likeness (QED) is 0.886. The minimum atomic E-state index is 0.0820. The lowest BCUT2D eigenvalue weighted by Gasteiger charge is -2.08. The van der Waals surface area contributed by atoms with Crippen molar-refractivity contribution in [2.45, 2.75) is 40.2 Å². The summed E-state index contributed by atoms with van der Waals surface area (Å²) in [5, 5.41) is 10.3. The van der Waals surface area contributed by atoms with Crippen LogP contribution in [0.2, 0.25) is 0 Å². The van der Waals surface area contributed by atoms with Crippen LogP contribution in [0.3, 0.4) is 0 Å². The monoisotopic (exact) mass is 291 g/mol. The summed E-state index contributed by atoms with van der Waals surface area (Å²) in [4.78, 5) is 5.53. The molecule has 1 N–H and O–H groups in total. The van der Waals surface area contributed by atoms with Crippen molar-refractivity contribution in [1.82, 2.24) is 4.98 Å². The smallest absolute Gasteiger partial charge is 0.122 e. The molecular weight excluding hydrogens is 270 g/mol. The second kappa shape index (κ2) is 6.86. The number of ether oxygens (including phenoxy) is 1. The Hall–Kier alpha value is -1.39. The molecule has 1 heterocycles. The first-order chi connectivity index (χ1) is 9.63. The summed E-state index contributed by atoms with van der Waals surface area (Å²) < 4.78 is 5.84. The van der Waals surface area contributed by atoms with Gasteiger partial charge in [-0.3, -0.25) is 0 Å². The van der Waals surface area contributed by atoms with Gasteiger partial charge in [-0.05, 0) is 37.5 Å². The summed E-state index contributed by atoms with van der Waals surface area (Å²) >= 11 is 1.59. The number of thiazole rings is 1. The average Bonchev–Trinajstić information content (AvgIpc) is 2.85. The van der Waals surface area contributed by atoms with Crippen molar-refractivity contribution in [3.8, 4) is 5.75 Å². The molecule has 3 nitrogen and oxygen atoms in total. The standard InChI is InChI=1S/C16H21NO2S/c1-4-13-15(10-18)20-16(17-13)7-8-19-14-9-11(2)5-6-12(14)3/h5-6,9,18H,4,7-8,10H2,1-3H3. The van der Waals surface area contributed by atoms with Crippen LogP contribution < -0.4 is 4.74 Å². The number of rotatable bonds is 6. The average molecular weight is 291 g/mol. The fourth-order valence-electron chi connectivity index (χ4n) is 2.05. The van der Waals surface area contributed by atoms with Gasteiger partial charge in [-0.25, -0.2) is 4.98 Å². The van der Waals surface area contributed by atoms with E-state index in [9.17, 15) is 5.11 Å². The fourth-order valence-corrected chi connectivity index (χ4v) is 3.05. The van der Waals surface area contributed by atoms with Crippen LogP contribution in [0.4, 0.5) is 0 Å². The maximum Gasteiger partial charge on any atom is 0.122 e. The molecule has 1 aromatic carbocycles. The van der Waals surface area contributed by atoms with Crippen molar-refractivity contribution in [3.63, 3.8) is 0 Å². The largest absolute Gasteiger partial charge is 0.493 e. The van der Waals surface area contributed by atoms with Crippen LogP contribution in [0.5, 0.6) is 5.75 Å². The number of hydrogen-bond acceptors (Lipinski definition) is 4. The first kappa shape index (κ1) is 15.0. The highest BCUT2D eigenvalue weighted by atomic mass is 32.1. The van der Waals surface area contributed by atoms with E-state index in [1.165, 1.54) is 5.56 Å². The van der Waals surface area contributed by atoms with E-state index in [4.69, 9.17) is 4.74 Å². The molecule has 0 spiro atoms. The maximum absolute atomic E-state index is 9.27. The van der Waals surface area contributed by atoms with Crippen molar-refractivity contribution >= 4 is 11.3 Å². The third-order valence-corrected chi connectivity index (χ3v) is 4.36. The molecule has 20 heavy (non-hydrogen) atoms. The molecule has 0 aliphatic heterocycles. The second-order valence-electron chi connectivity index (χ2n) is 4.86. The molecule has 0 aliphatic rings. The van der Waals surface area contributed by atoms with Crippen molar-refractivity contribution in [1.29, 1.82) is 0 Å². The van der Waals surface area contributed by atoms with E-state index in [0.717, 1.165) is 39.7 Å². The van der Waals surface area contributed by atoms with Crippen LogP contribution in [0.1, 0.15) is 33.6 Å². The van der Waals surface area contributed by atoms with Crippen LogP contribution in [0.15, 0.2) is 18.2 Å². The Balaban J connectivity index is 1.95. The third kappa shape index (κ3) is 3.58. The van der Waals surface area contributed by atoms with Gasteiger partial charge in [0, 0.05) is 6.42 Å². The van der Waals surface area contributed by atoms with Crippen molar-refractivity contribution in [2.24, 2.45) is 0 Å². The molecule has 0 aliphatic carbocycles. The highest BCUT2D eigenvalue weighted by Gasteiger charge is 2.09. The molecule has 2 rings (SSSR count). The first-order valence-electron chi connectivity index (χ1n) is 6.92. The lowest BCUT2D eigenvalue weighted by molar-refractivity contribution is 0.284. The van der Waals surface area contributed by atoms with Gasteiger partial charge in [0.15, 0.2) is 0 Å². The van der Waals surface area contributed by atoms with Crippen LogP contribution in [0.25, 0.3) is 0 Å². The summed E-state index contributed by atoms with van der Waals surface area (Å²) in [5.41, 5.74) is 3.37. The number of aryl methyl sites for hydroxylation is 3. The van der Waals surface area contributed by atoms with Gasteiger partial charge >= 0.3 is 0 Å². The van der Waals surface area contributed by atoms with Gasteiger partial charge in [-0.1, -0.05) is 19.1 Å². The van der Waals surface area contributed by atoms with Crippen LogP contribution in [-0.4, -0.2) is 16.7 Å². The Labute approximate surface area is 124 Å². The summed E-state index contributed by atoms with van der Waals surface area (Å²) in [6.07, 6.45) is 1.65. The van der Waals surface area contributed by atoms with E-state index < -0.39 is 0 Å². The van der Waals surface area contributed by atoms with Crippen molar-refractivity contribution in [3.05, 3.63) is 44.9 Å². The van der Waals surface area contributed by atoms with E-state index in [1.54, 1.807) is 11.3 Å². The molecule has 0 bridgehead atoms. The Bertz CT molecular complexity index is 556. The highest BCUT2D eigenvalue weighted by molar-refractivity contribution is 7.11. The summed E-state index contributed by atoms with van der Waals surface area (Å²) in [6.45, 7) is 6.88. The fraction of sp³-hybridized carbons (Fsp3) is 0.438. The summed E-state index contributed by atoms with van der Waals surface area (Å²) in [6, 6.07) is 6.23. The zero-order valence-electron chi connectivity index (χ0n) is 12.3. The van der Waals surface area contributed by atoms with Crippen LogP contribution in [0, 0.1) is 13.8 Å². The normalized spacial score (nSPS) is 10.8.